The van der Waals surface area contributed by atoms with Crippen LogP contribution in [0.25, 0.3) is 33.4 Å². The summed E-state index contributed by atoms with van der Waals surface area (Å²) in [7, 11) is 0. The van der Waals surface area contributed by atoms with Gasteiger partial charge in [-0.2, -0.15) is 0 Å². The van der Waals surface area contributed by atoms with Crippen molar-refractivity contribution in [2.75, 3.05) is 5.75 Å². The van der Waals surface area contributed by atoms with Gasteiger partial charge in [0.1, 0.15) is 29.0 Å². The van der Waals surface area contributed by atoms with Gasteiger partial charge in [-0.05, 0) is 12.1 Å². The second-order valence-electron chi connectivity index (χ2n) is 6.86. The number of hydrogen-bond donors (Lipinski definition) is 2. The Morgan fingerprint density at radius 1 is 0.971 bits per heavy atom. The molecule has 2 aromatic rings. The molecule has 0 fully saturated rings. The third-order valence-corrected chi connectivity index (χ3v) is 5.83. The number of carboxylic acids is 1. The first-order chi connectivity index (χ1) is 16.1. The fourth-order valence-electron chi connectivity index (χ4n) is 3.49. The standard InChI is InChI=1S/C22H9F5O6S/c23-9-3-7-13(5-11(9)29)33-14-6-12(30)10(24)4-8(14)15(7)16-17(22(31)32)18(25)20(27)21(19(16)26)34-2-1-28/h1,3-6,29H,2H2,(H,31,32). The zero-order chi connectivity index (χ0) is 24.9. The molecule has 6 nitrogen and oxygen atoms in total. The molecule has 2 aliphatic rings. The number of aldehydes is 1. The highest BCUT2D eigenvalue weighted by molar-refractivity contribution is 7.99. The van der Waals surface area contributed by atoms with E-state index in [0.717, 1.165) is 6.07 Å². The number of aromatic carboxylic acids is 1. The van der Waals surface area contributed by atoms with E-state index in [1.807, 2.05) is 0 Å². The molecule has 1 heterocycles. The van der Waals surface area contributed by atoms with Crippen molar-refractivity contribution < 1.29 is 46.2 Å². The van der Waals surface area contributed by atoms with Crippen LogP contribution in [-0.2, 0) is 4.79 Å². The molecule has 0 aromatic heterocycles. The van der Waals surface area contributed by atoms with Crippen molar-refractivity contribution in [3.8, 4) is 28.2 Å². The molecule has 0 saturated carbocycles. The van der Waals surface area contributed by atoms with Crippen LogP contribution < -0.4 is 5.43 Å². The molecule has 0 radical (unpaired) electrons. The summed E-state index contributed by atoms with van der Waals surface area (Å²) in [5, 5.41) is 18.8. The molecular formula is C22H9F5O6S. The molecule has 1 aliphatic carbocycles. The summed E-state index contributed by atoms with van der Waals surface area (Å²) >= 11 is 0.226. The first-order valence-corrected chi connectivity index (χ1v) is 10.1. The van der Waals surface area contributed by atoms with Crippen molar-refractivity contribution in [1.82, 2.24) is 0 Å². The molecule has 0 spiro atoms. The third-order valence-electron chi connectivity index (χ3n) is 4.88. The number of rotatable bonds is 5. The Morgan fingerprint density at radius 2 is 1.68 bits per heavy atom. The second kappa shape index (κ2) is 8.45. The number of aromatic hydroxyl groups is 1. The zero-order valence-corrected chi connectivity index (χ0v) is 17.2. The fraction of sp³-hybridized carbons (Fsp3) is 0.0455. The van der Waals surface area contributed by atoms with Gasteiger partial charge in [0.25, 0.3) is 0 Å². The van der Waals surface area contributed by atoms with E-state index in [1.54, 1.807) is 0 Å². The number of phenols is 1. The fourth-order valence-corrected chi connectivity index (χ4v) is 4.17. The topological polar surface area (TPSA) is 105 Å². The molecule has 0 unspecified atom stereocenters. The zero-order valence-electron chi connectivity index (χ0n) is 16.4. The molecule has 34 heavy (non-hydrogen) atoms. The van der Waals surface area contributed by atoms with Gasteiger partial charge in [-0.3, -0.25) is 4.79 Å². The lowest BCUT2D eigenvalue weighted by molar-refractivity contribution is -0.105. The van der Waals surface area contributed by atoms with E-state index < -0.39 is 95.9 Å². The van der Waals surface area contributed by atoms with Crippen LogP contribution in [0.1, 0.15) is 10.4 Å². The number of benzene rings is 3. The Morgan fingerprint density at radius 3 is 2.32 bits per heavy atom. The summed E-state index contributed by atoms with van der Waals surface area (Å²) < 4.78 is 78.8. The molecular weight excluding hydrogens is 487 g/mol. The van der Waals surface area contributed by atoms with Gasteiger partial charge in [0, 0.05) is 34.2 Å². The quantitative estimate of drug-likeness (QED) is 0.132. The number of phenolic OH excluding ortho intramolecular Hbond substituents is 1. The van der Waals surface area contributed by atoms with Gasteiger partial charge in [-0.1, -0.05) is 0 Å². The highest BCUT2D eigenvalue weighted by Crippen LogP contribution is 2.46. The van der Waals surface area contributed by atoms with Crippen molar-refractivity contribution in [3.05, 3.63) is 69.1 Å². The minimum Gasteiger partial charge on any atom is -0.505 e. The smallest absolute Gasteiger partial charge is 0.339 e. The van der Waals surface area contributed by atoms with Gasteiger partial charge in [-0.15, -0.1) is 11.8 Å². The summed E-state index contributed by atoms with van der Waals surface area (Å²) in [6.45, 7) is 0. The molecule has 12 heteroatoms. The Kier molecular flexibility index (Phi) is 5.77. The number of halogens is 5. The summed E-state index contributed by atoms with van der Waals surface area (Å²) in [5.74, 6) is -12.2. The molecule has 1 aliphatic heterocycles. The van der Waals surface area contributed by atoms with Gasteiger partial charge in [0.15, 0.2) is 29.0 Å². The summed E-state index contributed by atoms with van der Waals surface area (Å²) in [6.07, 6.45) is 0.266. The largest absolute Gasteiger partial charge is 0.505 e. The van der Waals surface area contributed by atoms with Gasteiger partial charge < -0.3 is 19.4 Å². The van der Waals surface area contributed by atoms with Crippen LogP contribution in [0.15, 0.2) is 38.4 Å². The summed E-state index contributed by atoms with van der Waals surface area (Å²) in [4.78, 5) is 33.3. The lowest BCUT2D eigenvalue weighted by atomic mass is 9.89. The second-order valence-corrected chi connectivity index (χ2v) is 7.89. The number of thioether (sulfide) groups is 1. The van der Waals surface area contributed by atoms with Crippen LogP contribution in [0.4, 0.5) is 22.0 Å². The van der Waals surface area contributed by atoms with Gasteiger partial charge >= 0.3 is 5.97 Å². The Labute approximate surface area is 189 Å². The molecule has 4 rings (SSSR count). The van der Waals surface area contributed by atoms with Crippen molar-refractivity contribution in [3.63, 3.8) is 0 Å². The molecule has 174 valence electrons. The molecule has 0 saturated heterocycles. The molecule has 0 amide bonds. The Hall–Kier alpha value is -3.93. The summed E-state index contributed by atoms with van der Waals surface area (Å²) in [6, 6.07) is 2.50. The van der Waals surface area contributed by atoms with E-state index in [9.17, 15) is 42.2 Å². The average molecular weight is 496 g/mol. The lowest BCUT2D eigenvalue weighted by Gasteiger charge is -2.19. The summed E-state index contributed by atoms with van der Waals surface area (Å²) in [5.41, 5.74) is -5.29. The van der Waals surface area contributed by atoms with E-state index >= 15 is 4.39 Å². The minimum atomic E-state index is -2.11. The normalized spacial score (nSPS) is 11.3. The van der Waals surface area contributed by atoms with E-state index in [0.29, 0.717) is 18.2 Å². The van der Waals surface area contributed by atoms with Crippen molar-refractivity contribution >= 4 is 35.0 Å². The lowest BCUT2D eigenvalue weighted by Crippen LogP contribution is -2.12. The molecule has 2 N–H and O–H groups in total. The molecule has 2 aromatic carbocycles. The number of carbonyl (C=O) groups is 2. The van der Waals surface area contributed by atoms with Gasteiger partial charge in [-0.25, -0.2) is 26.7 Å². The number of fused-ring (bicyclic) bond motifs is 2. The third kappa shape index (κ3) is 3.55. The average Bonchev–Trinajstić information content (AvgIpc) is 2.77. The predicted octanol–water partition coefficient (Wildman–Crippen LogP) is 4.96. The van der Waals surface area contributed by atoms with Crippen LogP contribution >= 0.6 is 11.8 Å². The van der Waals surface area contributed by atoms with Crippen LogP contribution in [0.3, 0.4) is 0 Å². The Bertz CT molecular complexity index is 1550. The van der Waals surface area contributed by atoms with Crippen molar-refractivity contribution in [2.24, 2.45) is 0 Å². The maximum atomic E-state index is 15.6. The first kappa shape index (κ1) is 23.2. The predicted molar refractivity (Wildman–Crippen MR) is 110 cm³/mol. The number of hydrogen-bond acceptors (Lipinski definition) is 6. The van der Waals surface area contributed by atoms with Gasteiger partial charge in [0.2, 0.25) is 5.43 Å². The van der Waals surface area contributed by atoms with Crippen LogP contribution in [0, 0.1) is 29.1 Å². The van der Waals surface area contributed by atoms with Crippen molar-refractivity contribution in [1.29, 1.82) is 0 Å². The van der Waals surface area contributed by atoms with E-state index in [2.05, 4.69) is 0 Å². The SMILES string of the molecule is O=CCSc1c(F)c(F)c(C(=O)O)c(-c2c3cc(F)c(=O)cc-3oc3cc(O)c(F)cc23)c1F. The molecule has 0 atom stereocenters. The van der Waals surface area contributed by atoms with E-state index in [4.69, 9.17) is 4.42 Å². The van der Waals surface area contributed by atoms with Crippen LogP contribution in [-0.4, -0.2) is 28.2 Å². The first-order valence-electron chi connectivity index (χ1n) is 9.15. The minimum absolute atomic E-state index is 0.226. The monoisotopic (exact) mass is 496 g/mol. The number of carbonyl (C=O) groups excluding carboxylic acids is 1. The van der Waals surface area contributed by atoms with E-state index in [1.165, 1.54) is 0 Å². The molecule has 0 bridgehead atoms. The van der Waals surface area contributed by atoms with Gasteiger partial charge in [0.05, 0.1) is 10.6 Å². The number of carboxylic acid groups (broad SMARTS) is 1. The maximum absolute atomic E-state index is 15.6. The highest BCUT2D eigenvalue weighted by Gasteiger charge is 2.33. The Balaban J connectivity index is 2.31. The van der Waals surface area contributed by atoms with Crippen molar-refractivity contribution in [2.45, 2.75) is 4.90 Å². The maximum Gasteiger partial charge on any atom is 0.339 e. The van der Waals surface area contributed by atoms with Crippen LogP contribution in [0.2, 0.25) is 0 Å². The highest BCUT2D eigenvalue weighted by atomic mass is 32.2. The van der Waals surface area contributed by atoms with Crippen LogP contribution in [0.5, 0.6) is 5.75 Å². The van der Waals surface area contributed by atoms with E-state index in [-0.39, 0.29) is 18.0 Å².